The van der Waals surface area contributed by atoms with Crippen LogP contribution in [0.25, 0.3) is 11.1 Å². The van der Waals surface area contributed by atoms with Gasteiger partial charge in [0.05, 0.1) is 12.3 Å². The van der Waals surface area contributed by atoms with E-state index in [0.29, 0.717) is 33.7 Å². The smallest absolute Gasteiger partial charge is 0.341 e. The van der Waals surface area contributed by atoms with Crippen LogP contribution in [0.3, 0.4) is 0 Å². The molecule has 0 atom stereocenters. The van der Waals surface area contributed by atoms with Crippen molar-refractivity contribution in [3.8, 4) is 11.1 Å². The molecule has 0 spiro atoms. The highest BCUT2D eigenvalue weighted by Crippen LogP contribution is 2.37. The fraction of sp³-hybridized carbons (Fsp3) is 0.188. The van der Waals surface area contributed by atoms with Crippen LogP contribution in [0.5, 0.6) is 0 Å². The lowest BCUT2D eigenvalue weighted by Gasteiger charge is -2.08. The van der Waals surface area contributed by atoms with Crippen LogP contribution in [0.1, 0.15) is 23.0 Å². The average Bonchev–Trinajstić information content (AvgIpc) is 2.69. The molecule has 2 aromatic rings. The molecular weight excluding hydrogens is 374 g/mol. The number of carbonyl (C=O) groups is 1. The van der Waals surface area contributed by atoms with Crippen LogP contribution < -0.4 is 11.5 Å². The molecule has 1 aliphatic rings. The number of anilines is 1. The number of esters is 1. The zero-order valence-electron chi connectivity index (χ0n) is 13.0. The van der Waals surface area contributed by atoms with Crippen molar-refractivity contribution in [1.82, 2.24) is 4.68 Å². The predicted octanol–water partition coefficient (Wildman–Crippen LogP) is 2.38. The molecule has 0 unspecified atom stereocenters. The summed E-state index contributed by atoms with van der Waals surface area (Å²) in [6.07, 6.45) is 1.72. The number of hydrogen-bond donors (Lipinski definition) is 2. The average molecular weight is 390 g/mol. The summed E-state index contributed by atoms with van der Waals surface area (Å²) in [4.78, 5) is 16.5. The third kappa shape index (κ3) is 2.80. The highest BCUT2D eigenvalue weighted by atomic mass is 79.9. The Bertz CT molecular complexity index is 852. The summed E-state index contributed by atoms with van der Waals surface area (Å²) < 4.78 is 7.33. The Balaban J connectivity index is 2.28. The van der Waals surface area contributed by atoms with Crippen LogP contribution in [0.15, 0.2) is 39.0 Å². The molecule has 0 amide bonds. The Morgan fingerprint density at radius 1 is 1.33 bits per heavy atom. The molecule has 124 valence electrons. The van der Waals surface area contributed by atoms with Gasteiger partial charge >= 0.3 is 5.97 Å². The maximum atomic E-state index is 12.5. The van der Waals surface area contributed by atoms with Gasteiger partial charge in [0.1, 0.15) is 22.3 Å². The van der Waals surface area contributed by atoms with Crippen molar-refractivity contribution in [2.24, 2.45) is 15.8 Å². The normalized spacial score (nSPS) is 13.2. The Kier molecular flexibility index (Phi) is 4.39. The lowest BCUT2D eigenvalue weighted by molar-refractivity contribution is 0.0526. The summed E-state index contributed by atoms with van der Waals surface area (Å²) in [6, 6.07) is 7.25. The molecule has 2 heterocycles. The number of ether oxygens (including phenoxy) is 1. The van der Waals surface area contributed by atoms with E-state index in [4.69, 9.17) is 16.2 Å². The van der Waals surface area contributed by atoms with E-state index in [1.54, 1.807) is 23.7 Å². The number of aromatic nitrogens is 1. The van der Waals surface area contributed by atoms with Gasteiger partial charge in [0.25, 0.3) is 0 Å². The van der Waals surface area contributed by atoms with Crippen LogP contribution >= 0.6 is 15.9 Å². The highest BCUT2D eigenvalue weighted by Gasteiger charge is 2.29. The van der Waals surface area contributed by atoms with Crippen molar-refractivity contribution in [1.29, 1.82) is 0 Å². The second-order valence-electron chi connectivity index (χ2n) is 5.17. The summed E-state index contributed by atoms with van der Waals surface area (Å²) in [6.45, 7) is 2.04. The largest absolute Gasteiger partial charge is 0.462 e. The molecule has 0 saturated heterocycles. The van der Waals surface area contributed by atoms with E-state index in [1.165, 1.54) is 6.34 Å². The van der Waals surface area contributed by atoms with Gasteiger partial charge in [0.15, 0.2) is 0 Å². The van der Waals surface area contributed by atoms with Crippen LogP contribution in [0, 0.1) is 0 Å². The van der Waals surface area contributed by atoms with Crippen LogP contribution in [0.4, 0.5) is 5.69 Å². The molecule has 4 N–H and O–H groups in total. The zero-order valence-corrected chi connectivity index (χ0v) is 14.6. The predicted molar refractivity (Wildman–Crippen MR) is 97.2 cm³/mol. The molecule has 3 rings (SSSR count). The van der Waals surface area contributed by atoms with Gasteiger partial charge in [-0.05, 0) is 40.5 Å². The molecule has 0 fully saturated rings. The number of nitrogen functional groups attached to an aromatic ring is 1. The second kappa shape index (κ2) is 6.48. The molecular formula is C16H16BrN5O2. The summed E-state index contributed by atoms with van der Waals surface area (Å²) in [5.74, 6) is -0.0166. The third-order valence-corrected chi connectivity index (χ3v) is 4.34. The number of hydrogen-bond acceptors (Lipinski definition) is 6. The lowest BCUT2D eigenvalue weighted by Crippen LogP contribution is -2.16. The molecule has 0 saturated carbocycles. The second-order valence-corrected chi connectivity index (χ2v) is 5.92. The number of nitrogens with zero attached hydrogens (tertiary/aromatic N) is 3. The summed E-state index contributed by atoms with van der Waals surface area (Å²) in [5, 5.41) is 4.25. The molecule has 8 heteroatoms. The van der Waals surface area contributed by atoms with Gasteiger partial charge in [-0.25, -0.2) is 14.5 Å². The minimum Gasteiger partial charge on any atom is -0.462 e. The SMILES string of the molecule is CCOC(=O)c1c(-c2ccc(N)cc2)c2n(c1Br)N=CN=C(N)C2. The molecule has 0 radical (unpaired) electrons. The first-order valence-corrected chi connectivity index (χ1v) is 8.13. The molecule has 7 nitrogen and oxygen atoms in total. The number of aliphatic imine (C=N–C) groups is 1. The van der Waals surface area contributed by atoms with Gasteiger partial charge in [-0.1, -0.05) is 12.1 Å². The summed E-state index contributed by atoms with van der Waals surface area (Å²) in [5.41, 5.74) is 15.0. The monoisotopic (exact) mass is 389 g/mol. The van der Waals surface area contributed by atoms with Crippen molar-refractivity contribution >= 4 is 39.8 Å². The number of nitrogens with two attached hydrogens (primary N) is 2. The van der Waals surface area contributed by atoms with Crippen LogP contribution in [-0.2, 0) is 11.2 Å². The van der Waals surface area contributed by atoms with E-state index in [1.807, 2.05) is 12.1 Å². The molecule has 1 aromatic carbocycles. The van der Waals surface area contributed by atoms with E-state index >= 15 is 0 Å². The summed E-state index contributed by atoms with van der Waals surface area (Å²) in [7, 11) is 0. The molecule has 1 aromatic heterocycles. The fourth-order valence-corrected chi connectivity index (χ4v) is 3.25. The highest BCUT2D eigenvalue weighted by molar-refractivity contribution is 9.10. The number of amidine groups is 1. The van der Waals surface area contributed by atoms with Crippen molar-refractivity contribution in [3.63, 3.8) is 0 Å². The van der Waals surface area contributed by atoms with Crippen molar-refractivity contribution in [2.75, 3.05) is 12.3 Å². The molecule has 24 heavy (non-hydrogen) atoms. The van der Waals surface area contributed by atoms with Gasteiger partial charge < -0.3 is 16.2 Å². The first-order chi connectivity index (χ1) is 11.5. The number of carbonyl (C=O) groups excluding carboxylic acids is 1. The first kappa shape index (κ1) is 16.3. The number of halogens is 1. The zero-order chi connectivity index (χ0) is 17.3. The lowest BCUT2D eigenvalue weighted by atomic mass is 9.99. The van der Waals surface area contributed by atoms with E-state index in [-0.39, 0.29) is 6.61 Å². The quantitative estimate of drug-likeness (QED) is 0.620. The van der Waals surface area contributed by atoms with Crippen molar-refractivity contribution in [2.45, 2.75) is 13.3 Å². The topological polar surface area (TPSA) is 108 Å². The fourth-order valence-electron chi connectivity index (χ4n) is 2.58. The van der Waals surface area contributed by atoms with Gasteiger partial charge in [0.2, 0.25) is 0 Å². The van der Waals surface area contributed by atoms with Gasteiger partial charge in [-0.15, -0.1) is 0 Å². The van der Waals surface area contributed by atoms with Gasteiger partial charge in [0, 0.05) is 17.7 Å². The van der Waals surface area contributed by atoms with Gasteiger partial charge in [-0.3, -0.25) is 0 Å². The van der Waals surface area contributed by atoms with E-state index in [2.05, 4.69) is 26.0 Å². The number of benzene rings is 1. The maximum Gasteiger partial charge on any atom is 0.341 e. The van der Waals surface area contributed by atoms with E-state index < -0.39 is 5.97 Å². The minimum absolute atomic E-state index is 0.278. The van der Waals surface area contributed by atoms with Gasteiger partial charge in [-0.2, -0.15) is 5.10 Å². The molecule has 1 aliphatic heterocycles. The maximum absolute atomic E-state index is 12.5. The number of fused-ring (bicyclic) bond motifs is 1. The Morgan fingerprint density at radius 2 is 2.04 bits per heavy atom. The first-order valence-electron chi connectivity index (χ1n) is 7.34. The molecule has 0 bridgehead atoms. The summed E-state index contributed by atoms with van der Waals surface area (Å²) >= 11 is 3.46. The Hall–Kier alpha value is -2.61. The Morgan fingerprint density at radius 3 is 2.71 bits per heavy atom. The van der Waals surface area contributed by atoms with Crippen LogP contribution in [-0.4, -0.2) is 29.4 Å². The Labute approximate surface area is 147 Å². The molecule has 0 aliphatic carbocycles. The van der Waals surface area contributed by atoms with Crippen LogP contribution in [0.2, 0.25) is 0 Å². The van der Waals surface area contributed by atoms with Crippen molar-refractivity contribution < 1.29 is 9.53 Å². The van der Waals surface area contributed by atoms with E-state index in [9.17, 15) is 4.79 Å². The minimum atomic E-state index is -0.428. The third-order valence-electron chi connectivity index (χ3n) is 3.60. The van der Waals surface area contributed by atoms with E-state index in [0.717, 1.165) is 11.3 Å². The van der Waals surface area contributed by atoms with Crippen molar-refractivity contribution in [3.05, 3.63) is 40.1 Å². The number of rotatable bonds is 3. The standard InChI is InChI=1S/C16H16BrN5O2/c1-2-24-16(23)14-13(9-3-5-10(18)6-4-9)11-7-12(19)20-8-21-22(11)15(14)17/h3-6,8H,2,7,18H2,1H3,(H2,19,20,21).